The van der Waals surface area contributed by atoms with Crippen molar-refractivity contribution in [3.05, 3.63) is 24.3 Å². The molecule has 0 radical (unpaired) electrons. The zero-order chi connectivity index (χ0) is 28.8. The van der Waals surface area contributed by atoms with Crippen molar-refractivity contribution in [1.29, 1.82) is 0 Å². The number of rotatable bonds is 30. The molecule has 0 N–H and O–H groups in total. The molecule has 0 spiro atoms. The molecular weight excluding hydrogens is 496 g/mol. The van der Waals surface area contributed by atoms with Crippen LogP contribution < -0.4 is 0 Å². The van der Waals surface area contributed by atoms with Gasteiger partial charge in [-0.05, 0) is 76.4 Å². The van der Waals surface area contributed by atoms with Gasteiger partial charge in [0.2, 0.25) is 0 Å². The lowest BCUT2D eigenvalue weighted by Crippen LogP contribution is -2.22. The quantitative estimate of drug-likeness (QED) is 0.0499. The molecule has 0 amide bonds. The number of hydrogen-bond acceptors (Lipinski definition) is 7. The first-order valence-electron chi connectivity index (χ1n) is 15.7. The fraction of sp³-hybridized carbons (Fsp3) is 0.875. The number of ether oxygens (including phenoxy) is 7. The summed E-state index contributed by atoms with van der Waals surface area (Å²) in [6.45, 7) is 11.7. The first kappa shape index (κ1) is 38.2. The van der Waals surface area contributed by atoms with E-state index in [1.54, 1.807) is 14.2 Å². The molecule has 0 aliphatic heterocycles. The van der Waals surface area contributed by atoms with Crippen LogP contribution in [0.4, 0.5) is 0 Å². The topological polar surface area (TPSA) is 64.6 Å². The molecule has 7 heteroatoms. The Morgan fingerprint density at radius 2 is 0.821 bits per heavy atom. The van der Waals surface area contributed by atoms with E-state index in [-0.39, 0.29) is 12.6 Å². The summed E-state index contributed by atoms with van der Waals surface area (Å²) >= 11 is 0. The maximum atomic E-state index is 5.95. The molecule has 0 aromatic carbocycles. The van der Waals surface area contributed by atoms with Gasteiger partial charge in [0.1, 0.15) is 0 Å². The molecule has 0 aliphatic rings. The maximum Gasteiger partial charge on any atom is 0.179 e. The molecule has 0 bridgehead atoms. The molecule has 0 fully saturated rings. The summed E-state index contributed by atoms with van der Waals surface area (Å²) < 4.78 is 40.6. The summed E-state index contributed by atoms with van der Waals surface area (Å²) in [6, 6.07) is 0. The van der Waals surface area contributed by atoms with Crippen LogP contribution >= 0.6 is 0 Å². The SMILES string of the molecule is CCCCOC(CCCC=CC(OC)OC(C=CCCCC(OCCCC)OCCCC)OC)OCCCC. The highest BCUT2D eigenvalue weighted by molar-refractivity contribution is 4.89. The zero-order valence-electron chi connectivity index (χ0n) is 26.2. The van der Waals surface area contributed by atoms with Crippen molar-refractivity contribution in [1.82, 2.24) is 0 Å². The fourth-order valence-electron chi connectivity index (χ4n) is 3.58. The Morgan fingerprint density at radius 1 is 0.487 bits per heavy atom. The lowest BCUT2D eigenvalue weighted by molar-refractivity contribution is -0.188. The molecule has 2 unspecified atom stereocenters. The molecule has 0 heterocycles. The van der Waals surface area contributed by atoms with Gasteiger partial charge in [0, 0.05) is 40.6 Å². The molecule has 2 atom stereocenters. The predicted molar refractivity (Wildman–Crippen MR) is 160 cm³/mol. The van der Waals surface area contributed by atoms with E-state index < -0.39 is 12.6 Å². The van der Waals surface area contributed by atoms with Crippen molar-refractivity contribution >= 4 is 0 Å². The van der Waals surface area contributed by atoms with Crippen molar-refractivity contribution in [2.45, 2.75) is 143 Å². The van der Waals surface area contributed by atoms with Gasteiger partial charge in [0.15, 0.2) is 25.2 Å². The van der Waals surface area contributed by atoms with Gasteiger partial charge in [0.05, 0.1) is 0 Å². The first-order chi connectivity index (χ1) is 19.1. The summed E-state index contributed by atoms with van der Waals surface area (Å²) in [5, 5.41) is 0. The fourth-order valence-corrected chi connectivity index (χ4v) is 3.58. The van der Waals surface area contributed by atoms with Crippen LogP contribution in [-0.4, -0.2) is 65.8 Å². The van der Waals surface area contributed by atoms with Crippen LogP contribution in [0.1, 0.15) is 118 Å². The van der Waals surface area contributed by atoms with Crippen molar-refractivity contribution < 1.29 is 33.2 Å². The summed E-state index contributed by atoms with van der Waals surface area (Å²) in [7, 11) is 3.28. The second kappa shape index (κ2) is 30.2. The van der Waals surface area contributed by atoms with Gasteiger partial charge in [-0.15, -0.1) is 0 Å². The van der Waals surface area contributed by atoms with E-state index in [0.29, 0.717) is 0 Å². The van der Waals surface area contributed by atoms with E-state index >= 15 is 0 Å². The minimum Gasteiger partial charge on any atom is -0.353 e. The van der Waals surface area contributed by atoms with Crippen LogP contribution in [0.15, 0.2) is 24.3 Å². The van der Waals surface area contributed by atoms with E-state index in [9.17, 15) is 0 Å². The van der Waals surface area contributed by atoms with Crippen molar-refractivity contribution in [2.24, 2.45) is 0 Å². The second-order valence-electron chi connectivity index (χ2n) is 9.82. The molecule has 39 heavy (non-hydrogen) atoms. The van der Waals surface area contributed by atoms with Gasteiger partial charge >= 0.3 is 0 Å². The Morgan fingerprint density at radius 3 is 1.10 bits per heavy atom. The molecule has 0 saturated heterocycles. The van der Waals surface area contributed by atoms with Gasteiger partial charge in [-0.25, -0.2) is 0 Å². The third kappa shape index (κ3) is 24.7. The molecule has 0 aromatic rings. The highest BCUT2D eigenvalue weighted by Crippen LogP contribution is 2.13. The van der Waals surface area contributed by atoms with Crippen molar-refractivity contribution in [3.8, 4) is 0 Å². The van der Waals surface area contributed by atoms with Crippen molar-refractivity contribution in [2.75, 3.05) is 40.6 Å². The van der Waals surface area contributed by atoms with E-state index in [2.05, 4.69) is 39.8 Å². The Balaban J connectivity index is 4.42. The van der Waals surface area contributed by atoms with Gasteiger partial charge < -0.3 is 33.2 Å². The molecule has 0 rings (SSSR count). The highest BCUT2D eigenvalue weighted by Gasteiger charge is 2.12. The second-order valence-corrected chi connectivity index (χ2v) is 9.82. The number of hydrogen-bond donors (Lipinski definition) is 0. The van der Waals surface area contributed by atoms with Crippen LogP contribution in [-0.2, 0) is 33.2 Å². The van der Waals surface area contributed by atoms with E-state index in [1.165, 1.54) is 0 Å². The summed E-state index contributed by atoms with van der Waals surface area (Å²) in [5.41, 5.74) is 0. The smallest absolute Gasteiger partial charge is 0.179 e. The number of unbranched alkanes of at least 4 members (excludes halogenated alkanes) is 6. The molecule has 0 saturated carbocycles. The Hall–Kier alpha value is -0.800. The normalized spacial score (nSPS) is 13.9. The largest absolute Gasteiger partial charge is 0.353 e. The van der Waals surface area contributed by atoms with Crippen molar-refractivity contribution in [3.63, 3.8) is 0 Å². The van der Waals surface area contributed by atoms with Gasteiger partial charge in [-0.3, -0.25) is 0 Å². The van der Waals surface area contributed by atoms with Gasteiger partial charge in [-0.2, -0.15) is 0 Å². The maximum absolute atomic E-state index is 5.95. The Labute approximate surface area is 240 Å². The lowest BCUT2D eigenvalue weighted by Gasteiger charge is -2.19. The Bertz CT molecular complexity index is 475. The minimum atomic E-state index is -0.472. The minimum absolute atomic E-state index is 0.116. The molecular formula is C32H62O7. The number of methoxy groups -OCH3 is 2. The van der Waals surface area contributed by atoms with Gasteiger partial charge in [-0.1, -0.05) is 65.5 Å². The van der Waals surface area contributed by atoms with Crippen LogP contribution in [0.3, 0.4) is 0 Å². The van der Waals surface area contributed by atoms with Crippen LogP contribution in [0.2, 0.25) is 0 Å². The Kier molecular flexibility index (Phi) is 29.5. The van der Waals surface area contributed by atoms with Crippen LogP contribution in [0.5, 0.6) is 0 Å². The van der Waals surface area contributed by atoms with E-state index in [0.717, 1.165) is 116 Å². The zero-order valence-corrected chi connectivity index (χ0v) is 26.2. The van der Waals surface area contributed by atoms with Gasteiger partial charge in [0.25, 0.3) is 0 Å². The van der Waals surface area contributed by atoms with E-state index in [4.69, 9.17) is 33.2 Å². The number of allylic oxidation sites excluding steroid dienone is 2. The molecule has 232 valence electrons. The summed E-state index contributed by atoms with van der Waals surface area (Å²) in [5.74, 6) is 0. The average Bonchev–Trinajstić information content (AvgIpc) is 2.95. The first-order valence-corrected chi connectivity index (χ1v) is 15.7. The highest BCUT2D eigenvalue weighted by atomic mass is 16.8. The van der Waals surface area contributed by atoms with Crippen LogP contribution in [0.25, 0.3) is 0 Å². The summed E-state index contributed by atoms with van der Waals surface area (Å²) in [6.07, 6.45) is 21.2. The van der Waals surface area contributed by atoms with Crippen LogP contribution in [0, 0.1) is 0 Å². The molecule has 0 aromatic heterocycles. The monoisotopic (exact) mass is 558 g/mol. The standard InChI is InChI=1S/C32H62O7/c1-7-11-25-35-31(36-26-12-8-2)23-19-15-17-21-29(33-5)39-30(34-6)22-18-16-20-24-32(37-27-13-9-3)38-28-14-10-4/h17-18,21-22,29-32H,7-16,19-20,23-28H2,1-6H3. The third-order valence-corrected chi connectivity index (χ3v) is 6.15. The predicted octanol–water partition coefficient (Wildman–Crippen LogP) is 8.32. The molecule has 0 aliphatic carbocycles. The van der Waals surface area contributed by atoms with E-state index in [1.807, 2.05) is 12.2 Å². The molecule has 7 nitrogen and oxygen atoms in total. The lowest BCUT2D eigenvalue weighted by atomic mass is 10.2. The third-order valence-electron chi connectivity index (χ3n) is 6.15. The summed E-state index contributed by atoms with van der Waals surface area (Å²) in [4.78, 5) is 0. The average molecular weight is 559 g/mol.